The number of furan rings is 1. The molecular formula is C28H33N3O6. The number of amides is 2. The van der Waals surface area contributed by atoms with Crippen LogP contribution in [0.5, 0.6) is 5.75 Å². The van der Waals surface area contributed by atoms with E-state index in [0.29, 0.717) is 37.1 Å². The molecule has 1 saturated carbocycles. The van der Waals surface area contributed by atoms with E-state index in [0.717, 1.165) is 30.3 Å². The Labute approximate surface area is 215 Å². The monoisotopic (exact) mass is 507 g/mol. The van der Waals surface area contributed by atoms with Crippen molar-refractivity contribution in [2.45, 2.75) is 57.0 Å². The maximum absolute atomic E-state index is 13.6. The third-order valence-corrected chi connectivity index (χ3v) is 6.74. The van der Waals surface area contributed by atoms with Crippen LogP contribution in [0.1, 0.15) is 56.0 Å². The molecule has 0 spiro atoms. The van der Waals surface area contributed by atoms with Crippen LogP contribution in [0.4, 0.5) is 5.69 Å². The van der Waals surface area contributed by atoms with E-state index < -0.39 is 18.1 Å². The Morgan fingerprint density at radius 1 is 1.05 bits per heavy atom. The van der Waals surface area contributed by atoms with E-state index in [4.69, 9.17) is 14.3 Å². The number of hydrogen-bond acceptors (Lipinski definition) is 6. The standard InChI is InChI=1S/C28H33N3O6/c1-2-20(17-29-21-10-12-22(13-11-21)36-18-25(32)33)30-27(35)28(14-6-3-7-15-28)31-26(34)24-16-19-8-4-5-9-23(19)37-24/h4-5,8-13,16,20,29H,2-3,6-7,14-15,17-18H2,1H3,(H,30,35)(H,31,34)(H,32,33)/t20-/m0/s1. The van der Waals surface area contributed by atoms with Crippen LogP contribution in [0.25, 0.3) is 11.0 Å². The van der Waals surface area contributed by atoms with Crippen molar-refractivity contribution in [3.63, 3.8) is 0 Å². The lowest BCUT2D eigenvalue weighted by Crippen LogP contribution is -2.61. The molecule has 3 aromatic rings. The number of para-hydroxylation sites is 1. The second-order valence-electron chi connectivity index (χ2n) is 9.41. The van der Waals surface area contributed by atoms with Crippen LogP contribution in [-0.4, -0.2) is 47.6 Å². The van der Waals surface area contributed by atoms with Gasteiger partial charge in [-0.05, 0) is 55.7 Å². The number of carbonyl (C=O) groups is 3. The number of anilines is 1. The summed E-state index contributed by atoms with van der Waals surface area (Å²) < 4.78 is 10.9. The molecule has 1 aromatic heterocycles. The van der Waals surface area contributed by atoms with Gasteiger partial charge in [-0.3, -0.25) is 9.59 Å². The van der Waals surface area contributed by atoms with E-state index in [9.17, 15) is 14.4 Å². The Morgan fingerprint density at radius 2 is 1.78 bits per heavy atom. The highest BCUT2D eigenvalue weighted by atomic mass is 16.5. The summed E-state index contributed by atoms with van der Waals surface area (Å²) in [5.74, 6) is -0.934. The summed E-state index contributed by atoms with van der Waals surface area (Å²) in [5.41, 5.74) is 0.472. The lowest BCUT2D eigenvalue weighted by atomic mass is 9.80. The summed E-state index contributed by atoms with van der Waals surface area (Å²) in [7, 11) is 0. The molecule has 1 fully saturated rings. The fraction of sp³-hybridized carbons (Fsp3) is 0.393. The molecule has 2 amide bonds. The maximum atomic E-state index is 13.6. The Balaban J connectivity index is 1.38. The number of ether oxygens (including phenoxy) is 1. The first-order chi connectivity index (χ1) is 17.9. The molecule has 1 aliphatic carbocycles. The minimum Gasteiger partial charge on any atom is -0.482 e. The average Bonchev–Trinajstić information content (AvgIpc) is 3.35. The number of aliphatic carboxylic acids is 1. The molecule has 0 unspecified atom stereocenters. The van der Waals surface area contributed by atoms with E-state index in [1.807, 2.05) is 31.2 Å². The number of carbonyl (C=O) groups excluding carboxylic acids is 2. The van der Waals surface area contributed by atoms with Gasteiger partial charge in [-0.1, -0.05) is 44.4 Å². The molecule has 1 atom stereocenters. The van der Waals surface area contributed by atoms with Gasteiger partial charge in [0.1, 0.15) is 16.9 Å². The van der Waals surface area contributed by atoms with Crippen molar-refractivity contribution < 1.29 is 28.6 Å². The van der Waals surface area contributed by atoms with Crippen molar-refractivity contribution in [2.24, 2.45) is 0 Å². The van der Waals surface area contributed by atoms with Gasteiger partial charge in [0, 0.05) is 23.7 Å². The quantitative estimate of drug-likeness (QED) is 0.304. The Morgan fingerprint density at radius 3 is 2.46 bits per heavy atom. The zero-order chi connectivity index (χ0) is 26.3. The summed E-state index contributed by atoms with van der Waals surface area (Å²) >= 11 is 0. The van der Waals surface area contributed by atoms with Crippen LogP contribution in [0.2, 0.25) is 0 Å². The minimum absolute atomic E-state index is 0.155. The van der Waals surface area contributed by atoms with Gasteiger partial charge >= 0.3 is 5.97 Å². The molecule has 4 N–H and O–H groups in total. The van der Waals surface area contributed by atoms with Crippen molar-refractivity contribution in [1.82, 2.24) is 10.6 Å². The molecule has 0 bridgehead atoms. The summed E-state index contributed by atoms with van der Waals surface area (Å²) in [6.45, 7) is 2.09. The number of nitrogens with one attached hydrogen (secondary N) is 3. The fourth-order valence-corrected chi connectivity index (χ4v) is 4.61. The van der Waals surface area contributed by atoms with Crippen LogP contribution in [0, 0.1) is 0 Å². The molecular weight excluding hydrogens is 474 g/mol. The third-order valence-electron chi connectivity index (χ3n) is 6.74. The van der Waals surface area contributed by atoms with Gasteiger partial charge in [0.15, 0.2) is 12.4 Å². The van der Waals surface area contributed by atoms with Crippen molar-refractivity contribution >= 4 is 34.4 Å². The van der Waals surface area contributed by atoms with Gasteiger partial charge in [0.05, 0.1) is 0 Å². The molecule has 9 heteroatoms. The predicted molar refractivity (Wildman–Crippen MR) is 140 cm³/mol. The van der Waals surface area contributed by atoms with Crippen LogP contribution in [0.3, 0.4) is 0 Å². The third kappa shape index (κ3) is 6.61. The molecule has 37 heavy (non-hydrogen) atoms. The summed E-state index contributed by atoms with van der Waals surface area (Å²) in [4.78, 5) is 37.3. The maximum Gasteiger partial charge on any atom is 0.341 e. The van der Waals surface area contributed by atoms with Gasteiger partial charge < -0.3 is 30.2 Å². The predicted octanol–water partition coefficient (Wildman–Crippen LogP) is 4.34. The zero-order valence-electron chi connectivity index (χ0n) is 20.9. The topological polar surface area (TPSA) is 130 Å². The van der Waals surface area contributed by atoms with Gasteiger partial charge in [0.25, 0.3) is 5.91 Å². The molecule has 0 radical (unpaired) electrons. The normalized spacial score (nSPS) is 15.5. The van der Waals surface area contributed by atoms with E-state index in [1.54, 1.807) is 30.3 Å². The molecule has 2 aromatic carbocycles. The minimum atomic E-state index is -1.03. The molecule has 1 heterocycles. The number of carboxylic acids is 1. The first-order valence-electron chi connectivity index (χ1n) is 12.7. The number of rotatable bonds is 11. The summed E-state index contributed by atoms with van der Waals surface area (Å²) in [6, 6.07) is 15.9. The Hall–Kier alpha value is -4.01. The second kappa shape index (κ2) is 11.8. The number of benzene rings is 2. The van der Waals surface area contributed by atoms with Gasteiger partial charge in [-0.25, -0.2) is 4.79 Å². The van der Waals surface area contributed by atoms with Crippen molar-refractivity contribution in [2.75, 3.05) is 18.5 Å². The summed E-state index contributed by atoms with van der Waals surface area (Å²) in [5, 5.41) is 19.0. The molecule has 1 aliphatic rings. The van der Waals surface area contributed by atoms with Crippen molar-refractivity contribution in [1.29, 1.82) is 0 Å². The molecule has 0 saturated heterocycles. The van der Waals surface area contributed by atoms with Gasteiger partial charge in [0.2, 0.25) is 5.91 Å². The summed E-state index contributed by atoms with van der Waals surface area (Å²) in [6.07, 6.45) is 4.60. The molecule has 4 rings (SSSR count). The molecule has 196 valence electrons. The Bertz CT molecular complexity index is 1200. The number of fused-ring (bicyclic) bond motifs is 1. The van der Waals surface area contributed by atoms with Crippen molar-refractivity contribution in [3.05, 3.63) is 60.4 Å². The van der Waals surface area contributed by atoms with Crippen LogP contribution in [0.15, 0.2) is 59.0 Å². The lowest BCUT2D eigenvalue weighted by Gasteiger charge is -2.37. The largest absolute Gasteiger partial charge is 0.482 e. The Kier molecular flexibility index (Phi) is 8.32. The van der Waals surface area contributed by atoms with Crippen molar-refractivity contribution in [3.8, 4) is 5.75 Å². The lowest BCUT2D eigenvalue weighted by molar-refractivity contribution is -0.139. The molecule has 9 nitrogen and oxygen atoms in total. The number of hydrogen-bond donors (Lipinski definition) is 4. The molecule has 0 aliphatic heterocycles. The van der Waals surface area contributed by atoms with Crippen LogP contribution >= 0.6 is 0 Å². The van der Waals surface area contributed by atoms with E-state index in [-0.39, 0.29) is 23.6 Å². The fourth-order valence-electron chi connectivity index (χ4n) is 4.61. The average molecular weight is 508 g/mol. The first-order valence-corrected chi connectivity index (χ1v) is 12.7. The van der Waals surface area contributed by atoms with E-state index >= 15 is 0 Å². The highest BCUT2D eigenvalue weighted by Crippen LogP contribution is 2.30. The van der Waals surface area contributed by atoms with Gasteiger partial charge in [-0.2, -0.15) is 0 Å². The SMILES string of the molecule is CC[C@@H](CNc1ccc(OCC(=O)O)cc1)NC(=O)C1(NC(=O)c2cc3ccccc3o2)CCCCC1. The van der Waals surface area contributed by atoms with Crippen LogP contribution in [-0.2, 0) is 9.59 Å². The van der Waals surface area contributed by atoms with E-state index in [1.165, 1.54) is 0 Å². The number of carboxylic acid groups (broad SMARTS) is 1. The van der Waals surface area contributed by atoms with Gasteiger partial charge in [-0.15, -0.1) is 0 Å². The second-order valence-corrected chi connectivity index (χ2v) is 9.41. The smallest absolute Gasteiger partial charge is 0.341 e. The zero-order valence-corrected chi connectivity index (χ0v) is 20.9. The first kappa shape index (κ1) is 26.1. The highest BCUT2D eigenvalue weighted by Gasteiger charge is 2.42. The van der Waals surface area contributed by atoms with Crippen LogP contribution < -0.4 is 20.7 Å². The highest BCUT2D eigenvalue weighted by molar-refractivity contribution is 6.00. The van der Waals surface area contributed by atoms with E-state index in [2.05, 4.69) is 16.0 Å².